The number of rotatable bonds is 14. The van der Waals surface area contributed by atoms with E-state index in [0.29, 0.717) is 18.7 Å². The van der Waals surface area contributed by atoms with Crippen molar-refractivity contribution in [1.29, 1.82) is 0 Å². The van der Waals surface area contributed by atoms with Gasteiger partial charge in [-0.2, -0.15) is 0 Å². The lowest BCUT2D eigenvalue weighted by atomic mass is 10.1. The van der Waals surface area contributed by atoms with Crippen LogP contribution in [0.1, 0.15) is 37.8 Å². The second-order valence-electron chi connectivity index (χ2n) is 9.64. The number of methoxy groups -OCH3 is 1. The first-order chi connectivity index (χ1) is 19.2. The van der Waals surface area contributed by atoms with Gasteiger partial charge in [0.2, 0.25) is 11.8 Å². The first-order valence-electron chi connectivity index (χ1n) is 13.5. The van der Waals surface area contributed by atoms with Crippen LogP contribution in [0.5, 0.6) is 5.75 Å². The highest BCUT2D eigenvalue weighted by Crippen LogP contribution is 2.33. The fourth-order valence-electron chi connectivity index (χ4n) is 4.33. The number of nitrogens with zero attached hydrogens (tertiary/aromatic N) is 2. The molecule has 1 unspecified atom stereocenters. The maximum atomic E-state index is 14.0. The predicted molar refractivity (Wildman–Crippen MR) is 158 cm³/mol. The second-order valence-corrected chi connectivity index (χ2v) is 11.5. The number of nitrogens with one attached hydrogen (secondary N) is 1. The largest absolute Gasteiger partial charge is 0.495 e. The van der Waals surface area contributed by atoms with Gasteiger partial charge in [-0.15, -0.1) is 0 Å². The van der Waals surface area contributed by atoms with Crippen molar-refractivity contribution in [3.05, 3.63) is 90.0 Å². The van der Waals surface area contributed by atoms with Crippen LogP contribution in [-0.2, 0) is 26.0 Å². The molecule has 0 aliphatic carbocycles. The van der Waals surface area contributed by atoms with E-state index < -0.39 is 28.5 Å². The lowest BCUT2D eigenvalue weighted by molar-refractivity contribution is -0.138. The molecule has 0 bridgehead atoms. The molecule has 0 heterocycles. The molecule has 40 heavy (non-hydrogen) atoms. The Labute approximate surface area is 238 Å². The summed E-state index contributed by atoms with van der Waals surface area (Å²) in [6.45, 7) is 5.80. The van der Waals surface area contributed by atoms with Crippen LogP contribution in [0, 0.1) is 6.92 Å². The molecule has 214 valence electrons. The lowest BCUT2D eigenvalue weighted by Crippen LogP contribution is -2.52. The minimum atomic E-state index is -4.16. The molecule has 0 fully saturated rings. The number of sulfonamides is 1. The van der Waals surface area contributed by atoms with Gasteiger partial charge in [0.25, 0.3) is 10.0 Å². The number of benzene rings is 3. The summed E-state index contributed by atoms with van der Waals surface area (Å²) < 4.78 is 34.5. The maximum Gasteiger partial charge on any atom is 0.264 e. The molecular weight excluding hydrogens is 526 g/mol. The Morgan fingerprint density at radius 2 is 1.62 bits per heavy atom. The van der Waals surface area contributed by atoms with Crippen LogP contribution in [0.25, 0.3) is 0 Å². The summed E-state index contributed by atoms with van der Waals surface area (Å²) in [7, 11) is -2.70. The Hall–Kier alpha value is -3.85. The lowest BCUT2D eigenvalue weighted by Gasteiger charge is -2.32. The van der Waals surface area contributed by atoms with Gasteiger partial charge in [0.1, 0.15) is 18.3 Å². The summed E-state index contributed by atoms with van der Waals surface area (Å²) in [5.74, 6) is -0.447. The van der Waals surface area contributed by atoms with Crippen molar-refractivity contribution >= 4 is 27.5 Å². The molecule has 9 heteroatoms. The number of carbonyl (C=O) groups is 2. The molecule has 1 N–H and O–H groups in total. The highest BCUT2D eigenvalue weighted by Gasteiger charge is 2.33. The van der Waals surface area contributed by atoms with Crippen LogP contribution < -0.4 is 14.4 Å². The Bertz CT molecular complexity index is 1360. The van der Waals surface area contributed by atoms with Gasteiger partial charge in [-0.05, 0) is 62.1 Å². The molecular formula is C31H39N3O5S. The van der Waals surface area contributed by atoms with Crippen LogP contribution >= 0.6 is 0 Å². The Morgan fingerprint density at radius 1 is 0.975 bits per heavy atom. The Morgan fingerprint density at radius 3 is 2.25 bits per heavy atom. The van der Waals surface area contributed by atoms with Crippen LogP contribution in [0.2, 0.25) is 0 Å². The zero-order valence-corrected chi connectivity index (χ0v) is 24.5. The summed E-state index contributed by atoms with van der Waals surface area (Å²) in [5, 5.41) is 2.90. The summed E-state index contributed by atoms with van der Waals surface area (Å²) in [5.41, 5.74) is 2.07. The minimum absolute atomic E-state index is 0.0487. The average Bonchev–Trinajstić information content (AvgIpc) is 2.96. The fraction of sp³-hybridized carbons (Fsp3) is 0.355. The molecule has 0 saturated carbocycles. The number of unbranched alkanes of at least 4 members (excludes halogenated alkanes) is 1. The van der Waals surface area contributed by atoms with Gasteiger partial charge >= 0.3 is 0 Å². The topological polar surface area (TPSA) is 96.0 Å². The van der Waals surface area contributed by atoms with Crippen LogP contribution in [-0.4, -0.2) is 57.9 Å². The van der Waals surface area contributed by atoms with Crippen LogP contribution in [0.3, 0.4) is 0 Å². The van der Waals surface area contributed by atoms with E-state index in [-0.39, 0.29) is 23.0 Å². The number of carbonyl (C=O) groups excluding carboxylic acids is 2. The quantitative estimate of drug-likeness (QED) is 0.289. The van der Waals surface area contributed by atoms with E-state index in [0.717, 1.165) is 28.3 Å². The molecule has 0 saturated heterocycles. The smallest absolute Gasteiger partial charge is 0.264 e. The first-order valence-corrected chi connectivity index (χ1v) is 15.0. The summed E-state index contributed by atoms with van der Waals surface area (Å²) >= 11 is 0. The predicted octanol–water partition coefficient (Wildman–Crippen LogP) is 4.58. The summed E-state index contributed by atoms with van der Waals surface area (Å²) in [4.78, 5) is 28.5. The highest BCUT2D eigenvalue weighted by molar-refractivity contribution is 7.92. The van der Waals surface area contributed by atoms with Gasteiger partial charge in [-0.1, -0.05) is 67.9 Å². The van der Waals surface area contributed by atoms with Crippen molar-refractivity contribution in [2.45, 2.75) is 51.0 Å². The summed E-state index contributed by atoms with van der Waals surface area (Å²) in [6, 6.07) is 22.0. The van der Waals surface area contributed by atoms with E-state index in [1.165, 1.54) is 24.1 Å². The molecule has 2 amide bonds. The number of ether oxygens (including phenoxy) is 1. The Kier molecular flexibility index (Phi) is 11.1. The van der Waals surface area contributed by atoms with Crippen molar-refractivity contribution in [2.24, 2.45) is 0 Å². The van der Waals surface area contributed by atoms with Crippen molar-refractivity contribution in [3.8, 4) is 5.75 Å². The number of anilines is 1. The fourth-order valence-corrected chi connectivity index (χ4v) is 5.77. The van der Waals surface area contributed by atoms with Gasteiger partial charge < -0.3 is 15.0 Å². The monoisotopic (exact) mass is 565 g/mol. The molecule has 1 atom stereocenters. The summed E-state index contributed by atoms with van der Waals surface area (Å²) in [6.07, 6.45) is 2.26. The van der Waals surface area contributed by atoms with E-state index in [1.54, 1.807) is 37.3 Å². The molecule has 0 radical (unpaired) electrons. The highest BCUT2D eigenvalue weighted by atomic mass is 32.2. The van der Waals surface area contributed by atoms with Gasteiger partial charge in [0.05, 0.1) is 17.7 Å². The van der Waals surface area contributed by atoms with Gasteiger partial charge in [0, 0.05) is 13.1 Å². The minimum Gasteiger partial charge on any atom is -0.495 e. The van der Waals surface area contributed by atoms with E-state index in [2.05, 4.69) is 5.32 Å². The molecule has 8 nitrogen and oxygen atoms in total. The second kappa shape index (κ2) is 14.5. The van der Waals surface area contributed by atoms with Crippen molar-refractivity contribution in [1.82, 2.24) is 10.2 Å². The van der Waals surface area contributed by atoms with E-state index in [4.69, 9.17) is 4.74 Å². The van der Waals surface area contributed by atoms with E-state index >= 15 is 0 Å². The molecule has 3 aromatic carbocycles. The van der Waals surface area contributed by atoms with E-state index in [1.807, 2.05) is 50.2 Å². The molecule has 0 aliphatic rings. The van der Waals surface area contributed by atoms with Crippen molar-refractivity contribution in [3.63, 3.8) is 0 Å². The number of hydrogen-bond acceptors (Lipinski definition) is 5. The standard InChI is InChI=1S/C31H39N3O5S/c1-5-6-20-32-31(36)25(3)33(21-19-26-13-9-7-10-14-26)30(35)23-34(28-22-24(2)17-18-29(28)39-4)40(37,38)27-15-11-8-12-16-27/h7-18,22,25H,5-6,19-21,23H2,1-4H3,(H,32,36). The third-order valence-electron chi connectivity index (χ3n) is 6.69. The Balaban J connectivity index is 2.00. The van der Waals surface area contributed by atoms with Crippen LogP contribution in [0.15, 0.2) is 83.8 Å². The molecule has 0 spiro atoms. The number of hydrogen-bond donors (Lipinski definition) is 1. The van der Waals surface area contributed by atoms with Gasteiger partial charge in [0.15, 0.2) is 0 Å². The molecule has 0 aliphatic heterocycles. The first kappa shape index (κ1) is 30.7. The SMILES string of the molecule is CCCCNC(=O)C(C)N(CCc1ccccc1)C(=O)CN(c1cc(C)ccc1OC)S(=O)(=O)c1ccccc1. The normalized spacial score (nSPS) is 11.9. The van der Waals surface area contributed by atoms with Gasteiger partial charge in [-0.3, -0.25) is 13.9 Å². The average molecular weight is 566 g/mol. The zero-order chi connectivity index (χ0) is 29.1. The molecule has 0 aromatic heterocycles. The zero-order valence-electron chi connectivity index (χ0n) is 23.7. The van der Waals surface area contributed by atoms with Crippen molar-refractivity contribution in [2.75, 3.05) is 31.0 Å². The van der Waals surface area contributed by atoms with Gasteiger partial charge in [-0.25, -0.2) is 8.42 Å². The molecule has 3 aromatic rings. The van der Waals surface area contributed by atoms with Crippen molar-refractivity contribution < 1.29 is 22.7 Å². The maximum absolute atomic E-state index is 14.0. The van der Waals surface area contributed by atoms with E-state index in [9.17, 15) is 18.0 Å². The third kappa shape index (κ3) is 7.85. The number of amides is 2. The third-order valence-corrected chi connectivity index (χ3v) is 8.47. The van der Waals surface area contributed by atoms with Crippen LogP contribution in [0.4, 0.5) is 5.69 Å². The number of aryl methyl sites for hydroxylation is 1. The molecule has 3 rings (SSSR count).